The van der Waals surface area contributed by atoms with E-state index < -0.39 is 0 Å². The third-order valence-corrected chi connectivity index (χ3v) is 3.77. The molecule has 8 heteroatoms. The molecule has 2 N–H and O–H groups in total. The van der Waals surface area contributed by atoms with Crippen LogP contribution >= 0.6 is 23.6 Å². The number of anilines is 1. The van der Waals surface area contributed by atoms with Crippen LogP contribution in [0.2, 0.25) is 0 Å². The number of nitrogens with zero attached hydrogens (tertiary/aromatic N) is 1. The first kappa shape index (κ1) is 16.4. The van der Waals surface area contributed by atoms with Crippen molar-refractivity contribution in [1.29, 1.82) is 0 Å². The van der Waals surface area contributed by atoms with Crippen LogP contribution < -0.4 is 15.4 Å². The van der Waals surface area contributed by atoms with E-state index in [0.29, 0.717) is 23.5 Å². The van der Waals surface area contributed by atoms with Crippen LogP contribution in [0.4, 0.5) is 5.13 Å². The molecule has 0 spiro atoms. The number of esters is 1. The summed E-state index contributed by atoms with van der Waals surface area (Å²) in [6.45, 7) is 4.70. The highest BCUT2D eigenvalue weighted by atomic mass is 32.1. The van der Waals surface area contributed by atoms with Crippen molar-refractivity contribution >= 4 is 50.0 Å². The zero-order valence-corrected chi connectivity index (χ0v) is 14.0. The first-order valence-electron chi connectivity index (χ1n) is 6.86. The van der Waals surface area contributed by atoms with Gasteiger partial charge in [0.05, 0.1) is 23.4 Å². The van der Waals surface area contributed by atoms with Crippen molar-refractivity contribution in [3.8, 4) is 5.75 Å². The van der Waals surface area contributed by atoms with E-state index in [0.717, 1.165) is 16.0 Å². The zero-order chi connectivity index (χ0) is 15.9. The van der Waals surface area contributed by atoms with Crippen LogP contribution in [0.15, 0.2) is 18.2 Å². The van der Waals surface area contributed by atoms with Gasteiger partial charge in [0.15, 0.2) is 10.2 Å². The van der Waals surface area contributed by atoms with E-state index in [1.807, 2.05) is 25.1 Å². The Kier molecular flexibility index (Phi) is 5.91. The standard InChI is InChI=1S/C14H17N3O3S2/c1-3-19-9-5-6-10-11(7-9)22-14(16-10)17-13(21)15-8-12(18)20-4-2/h5-7H,3-4,8H2,1-2H3,(H2,15,16,17,21). The summed E-state index contributed by atoms with van der Waals surface area (Å²) in [6, 6.07) is 5.72. The molecule has 0 fully saturated rings. The molecule has 0 saturated carbocycles. The van der Waals surface area contributed by atoms with Crippen LogP contribution in [0.1, 0.15) is 13.8 Å². The molecule has 118 valence electrons. The van der Waals surface area contributed by atoms with E-state index in [-0.39, 0.29) is 12.5 Å². The van der Waals surface area contributed by atoms with Crippen LogP contribution in [0.5, 0.6) is 5.75 Å². The van der Waals surface area contributed by atoms with Gasteiger partial charge in [0.1, 0.15) is 12.3 Å². The molecule has 0 aliphatic heterocycles. The van der Waals surface area contributed by atoms with Gasteiger partial charge in [-0.3, -0.25) is 4.79 Å². The predicted octanol–water partition coefficient (Wildman–Crippen LogP) is 2.54. The molecule has 2 aromatic rings. The first-order chi connectivity index (χ1) is 10.6. The van der Waals surface area contributed by atoms with Crippen molar-refractivity contribution in [3.05, 3.63) is 18.2 Å². The van der Waals surface area contributed by atoms with Crippen molar-refractivity contribution < 1.29 is 14.3 Å². The number of carbonyl (C=O) groups excluding carboxylic acids is 1. The Morgan fingerprint density at radius 1 is 1.36 bits per heavy atom. The van der Waals surface area contributed by atoms with Crippen molar-refractivity contribution in [3.63, 3.8) is 0 Å². The largest absolute Gasteiger partial charge is 0.494 e. The molecule has 0 radical (unpaired) electrons. The number of rotatable bonds is 6. The molecule has 22 heavy (non-hydrogen) atoms. The second kappa shape index (κ2) is 7.90. The minimum absolute atomic E-state index is 0.0268. The number of benzene rings is 1. The van der Waals surface area contributed by atoms with Gasteiger partial charge in [0.2, 0.25) is 0 Å². The minimum atomic E-state index is -0.350. The highest BCUT2D eigenvalue weighted by molar-refractivity contribution is 7.80. The number of hydrogen-bond donors (Lipinski definition) is 2. The fourth-order valence-electron chi connectivity index (χ4n) is 1.72. The van der Waals surface area contributed by atoms with E-state index in [1.165, 1.54) is 11.3 Å². The van der Waals surface area contributed by atoms with Gasteiger partial charge in [0, 0.05) is 0 Å². The fourth-order valence-corrected chi connectivity index (χ4v) is 2.85. The molecule has 0 bridgehead atoms. The normalized spacial score (nSPS) is 10.3. The topological polar surface area (TPSA) is 72.5 Å². The predicted molar refractivity (Wildman–Crippen MR) is 91.6 cm³/mol. The molecule has 0 aliphatic carbocycles. The van der Waals surface area contributed by atoms with E-state index in [4.69, 9.17) is 21.7 Å². The quantitative estimate of drug-likeness (QED) is 0.619. The number of aromatic nitrogens is 1. The lowest BCUT2D eigenvalue weighted by Gasteiger charge is -2.07. The molecule has 0 aliphatic rings. The molecular formula is C14H17N3O3S2. The number of nitrogens with one attached hydrogen (secondary N) is 2. The number of ether oxygens (including phenoxy) is 2. The lowest BCUT2D eigenvalue weighted by molar-refractivity contribution is -0.141. The minimum Gasteiger partial charge on any atom is -0.494 e. The summed E-state index contributed by atoms with van der Waals surface area (Å²) in [5.41, 5.74) is 0.865. The lowest BCUT2D eigenvalue weighted by atomic mass is 10.3. The fraction of sp³-hybridized carbons (Fsp3) is 0.357. The number of thiocarbonyl (C=S) groups is 1. The Morgan fingerprint density at radius 3 is 2.91 bits per heavy atom. The molecule has 1 aromatic carbocycles. The second-order valence-electron chi connectivity index (χ2n) is 4.19. The van der Waals surface area contributed by atoms with Crippen LogP contribution in [-0.2, 0) is 9.53 Å². The summed E-state index contributed by atoms with van der Waals surface area (Å²) < 4.78 is 11.3. The smallest absolute Gasteiger partial charge is 0.325 e. The van der Waals surface area contributed by atoms with Crippen molar-refractivity contribution in [1.82, 2.24) is 10.3 Å². The van der Waals surface area contributed by atoms with Gasteiger partial charge in [-0.25, -0.2) is 4.98 Å². The molecule has 1 aromatic heterocycles. The third kappa shape index (κ3) is 4.54. The molecule has 6 nitrogen and oxygen atoms in total. The van der Waals surface area contributed by atoms with Gasteiger partial charge in [-0.1, -0.05) is 11.3 Å². The van der Waals surface area contributed by atoms with Gasteiger partial charge in [0.25, 0.3) is 0 Å². The van der Waals surface area contributed by atoms with Gasteiger partial charge in [-0.2, -0.15) is 0 Å². The van der Waals surface area contributed by atoms with Gasteiger partial charge >= 0.3 is 5.97 Å². The van der Waals surface area contributed by atoms with E-state index in [9.17, 15) is 4.79 Å². The summed E-state index contributed by atoms with van der Waals surface area (Å²) in [4.78, 5) is 15.7. The molecule has 0 saturated heterocycles. The van der Waals surface area contributed by atoms with Crippen LogP contribution in [0, 0.1) is 0 Å². The van der Waals surface area contributed by atoms with Crippen LogP contribution in [-0.4, -0.2) is 35.8 Å². The lowest BCUT2D eigenvalue weighted by Crippen LogP contribution is -2.33. The maximum absolute atomic E-state index is 11.2. The summed E-state index contributed by atoms with van der Waals surface area (Å²) in [5, 5.41) is 6.73. The van der Waals surface area contributed by atoms with Crippen molar-refractivity contribution in [2.24, 2.45) is 0 Å². The van der Waals surface area contributed by atoms with Gasteiger partial charge in [-0.15, -0.1) is 0 Å². The number of thiazole rings is 1. The number of hydrogen-bond acceptors (Lipinski definition) is 6. The monoisotopic (exact) mass is 339 g/mol. The average molecular weight is 339 g/mol. The molecule has 2 rings (SSSR count). The van der Waals surface area contributed by atoms with E-state index >= 15 is 0 Å². The van der Waals surface area contributed by atoms with E-state index in [1.54, 1.807) is 6.92 Å². The van der Waals surface area contributed by atoms with Crippen molar-refractivity contribution in [2.45, 2.75) is 13.8 Å². The number of carbonyl (C=O) groups is 1. The summed E-state index contributed by atoms with van der Waals surface area (Å²) in [6.07, 6.45) is 0. The molecular weight excluding hydrogens is 322 g/mol. The maximum Gasteiger partial charge on any atom is 0.325 e. The van der Waals surface area contributed by atoms with Gasteiger partial charge in [-0.05, 0) is 44.3 Å². The highest BCUT2D eigenvalue weighted by Gasteiger charge is 2.08. The van der Waals surface area contributed by atoms with Crippen LogP contribution in [0.3, 0.4) is 0 Å². The zero-order valence-electron chi connectivity index (χ0n) is 12.3. The molecule has 0 atom stereocenters. The second-order valence-corrected chi connectivity index (χ2v) is 5.63. The first-order valence-corrected chi connectivity index (χ1v) is 8.08. The maximum atomic E-state index is 11.2. The SMILES string of the molecule is CCOC(=O)CNC(=S)Nc1nc2ccc(OCC)cc2s1. The highest BCUT2D eigenvalue weighted by Crippen LogP contribution is 2.29. The Balaban J connectivity index is 1.96. The Morgan fingerprint density at radius 2 is 2.18 bits per heavy atom. The third-order valence-electron chi connectivity index (χ3n) is 2.59. The Bertz CT molecular complexity index is 672. The molecule has 1 heterocycles. The van der Waals surface area contributed by atoms with Crippen LogP contribution in [0.25, 0.3) is 10.2 Å². The Labute approximate surface area is 137 Å². The Hall–Kier alpha value is -1.93. The number of fused-ring (bicyclic) bond motifs is 1. The average Bonchev–Trinajstić information content (AvgIpc) is 2.87. The summed E-state index contributed by atoms with van der Waals surface area (Å²) in [7, 11) is 0. The molecule has 0 amide bonds. The van der Waals surface area contributed by atoms with Gasteiger partial charge < -0.3 is 20.1 Å². The summed E-state index contributed by atoms with van der Waals surface area (Å²) in [5.74, 6) is 0.463. The van der Waals surface area contributed by atoms with Crippen molar-refractivity contribution in [2.75, 3.05) is 25.1 Å². The van der Waals surface area contributed by atoms with E-state index in [2.05, 4.69) is 15.6 Å². The molecule has 0 unspecified atom stereocenters. The summed E-state index contributed by atoms with van der Waals surface area (Å²) >= 11 is 6.59.